The Bertz CT molecular complexity index is 1900. The van der Waals surface area contributed by atoms with E-state index < -0.39 is 0 Å². The van der Waals surface area contributed by atoms with Gasteiger partial charge in [-0.3, -0.25) is 0 Å². The van der Waals surface area contributed by atoms with Gasteiger partial charge in [-0.05, 0) is 78.1 Å². The monoisotopic (exact) mass is 535 g/mol. The highest BCUT2D eigenvalue weighted by molar-refractivity contribution is 6.09. The van der Waals surface area contributed by atoms with Crippen molar-refractivity contribution in [1.29, 1.82) is 0 Å². The lowest BCUT2D eigenvalue weighted by atomic mass is 9.89. The summed E-state index contributed by atoms with van der Waals surface area (Å²) in [7, 11) is 0. The molecule has 7 rings (SSSR count). The summed E-state index contributed by atoms with van der Waals surface area (Å²) in [4.78, 5) is 0. The van der Waals surface area contributed by atoms with Crippen molar-refractivity contribution in [3.05, 3.63) is 133 Å². The summed E-state index contributed by atoms with van der Waals surface area (Å²) < 4.78 is 14.5. The van der Waals surface area contributed by atoms with Crippen LogP contribution in [0.5, 0.6) is 5.75 Å². The molecule has 1 unspecified atom stereocenters. The Morgan fingerprint density at radius 2 is 1.51 bits per heavy atom. The number of hydrogen-bond donors (Lipinski definition) is 0. The number of para-hydroxylation sites is 2. The largest absolute Gasteiger partial charge is 0.489 e. The first-order chi connectivity index (χ1) is 20.2. The van der Waals surface area contributed by atoms with Crippen LogP contribution in [0.25, 0.3) is 50.4 Å². The molecule has 2 heterocycles. The standard InChI is InChI=1S/C36H29N3O2/c1-3-26-16-15-25(21-24(26)2)23-40-30-10-8-9-28(22-30)36-38-37-35(41-36)27-17-19-29(20-18-27)39-33-13-6-4-11-31(33)32-12-5-7-14-34(32)39/h3-20,22,24H,1,21,23H2,2H3. The van der Waals surface area contributed by atoms with Gasteiger partial charge < -0.3 is 13.7 Å². The van der Waals surface area contributed by atoms with E-state index in [1.165, 1.54) is 33.0 Å². The molecule has 0 N–H and O–H groups in total. The highest BCUT2D eigenvalue weighted by Gasteiger charge is 2.16. The van der Waals surface area contributed by atoms with Crippen LogP contribution < -0.4 is 4.74 Å². The molecule has 2 aromatic heterocycles. The molecule has 4 aromatic carbocycles. The maximum Gasteiger partial charge on any atom is 0.248 e. The van der Waals surface area contributed by atoms with E-state index in [0.29, 0.717) is 24.3 Å². The van der Waals surface area contributed by atoms with Gasteiger partial charge in [-0.15, -0.1) is 10.2 Å². The maximum atomic E-state index is 6.11. The molecule has 1 atom stereocenters. The van der Waals surface area contributed by atoms with Gasteiger partial charge in [0.2, 0.25) is 11.8 Å². The third-order valence-corrected chi connectivity index (χ3v) is 7.77. The summed E-state index contributed by atoms with van der Waals surface area (Å²) >= 11 is 0. The third-order valence-electron chi connectivity index (χ3n) is 7.77. The highest BCUT2D eigenvalue weighted by Crippen LogP contribution is 2.33. The van der Waals surface area contributed by atoms with Crippen molar-refractivity contribution in [3.8, 4) is 34.3 Å². The molecule has 1 aliphatic rings. The molecule has 0 amide bonds. The van der Waals surface area contributed by atoms with Crippen LogP contribution in [-0.2, 0) is 0 Å². The molecule has 0 saturated carbocycles. The Balaban J connectivity index is 1.11. The zero-order chi connectivity index (χ0) is 27.8. The van der Waals surface area contributed by atoms with Gasteiger partial charge in [0.05, 0.1) is 11.0 Å². The fraction of sp³-hybridized carbons (Fsp3) is 0.111. The first kappa shape index (κ1) is 24.9. The molecule has 0 saturated heterocycles. The van der Waals surface area contributed by atoms with E-state index >= 15 is 0 Å². The van der Waals surface area contributed by atoms with E-state index in [1.54, 1.807) is 0 Å². The molecule has 6 aromatic rings. The zero-order valence-electron chi connectivity index (χ0n) is 22.8. The number of allylic oxidation sites excluding steroid dienone is 4. The summed E-state index contributed by atoms with van der Waals surface area (Å²) in [5.74, 6) is 2.16. The van der Waals surface area contributed by atoms with Gasteiger partial charge in [0.15, 0.2) is 0 Å². The molecule has 200 valence electrons. The van der Waals surface area contributed by atoms with E-state index in [1.807, 2.05) is 42.5 Å². The number of ether oxygens (including phenoxy) is 1. The molecule has 1 aliphatic carbocycles. The Hall–Kier alpha value is -5.16. The Labute approximate surface area is 238 Å². The van der Waals surface area contributed by atoms with Crippen LogP contribution in [-0.4, -0.2) is 21.4 Å². The van der Waals surface area contributed by atoms with Gasteiger partial charge in [-0.1, -0.05) is 74.2 Å². The summed E-state index contributed by atoms with van der Waals surface area (Å²) in [6, 6.07) is 33.0. The summed E-state index contributed by atoms with van der Waals surface area (Å²) in [6.07, 6.45) is 7.17. The SMILES string of the molecule is C=CC1=CC=C(COc2cccc(-c3nnc(-c4ccc(-n5c6ccccc6c6ccccc65)cc4)o3)c2)CC1C. The molecule has 0 spiro atoms. The van der Waals surface area contributed by atoms with E-state index in [-0.39, 0.29) is 0 Å². The minimum absolute atomic E-state index is 0.454. The van der Waals surface area contributed by atoms with Crippen LogP contribution in [0.1, 0.15) is 13.3 Å². The van der Waals surface area contributed by atoms with Gasteiger partial charge in [0.25, 0.3) is 0 Å². The Morgan fingerprint density at radius 1 is 0.829 bits per heavy atom. The van der Waals surface area contributed by atoms with Crippen molar-refractivity contribution in [1.82, 2.24) is 14.8 Å². The van der Waals surface area contributed by atoms with Crippen LogP contribution in [0, 0.1) is 5.92 Å². The Kier molecular flexibility index (Phi) is 6.32. The van der Waals surface area contributed by atoms with Crippen LogP contribution in [0.3, 0.4) is 0 Å². The fourth-order valence-electron chi connectivity index (χ4n) is 5.64. The summed E-state index contributed by atoms with van der Waals surface area (Å²) in [5.41, 5.74) is 7.65. The Morgan fingerprint density at radius 3 is 2.20 bits per heavy atom. The van der Waals surface area contributed by atoms with Crippen molar-refractivity contribution < 1.29 is 9.15 Å². The summed E-state index contributed by atoms with van der Waals surface area (Å²) in [6.45, 7) is 6.66. The van der Waals surface area contributed by atoms with Gasteiger partial charge in [-0.2, -0.15) is 0 Å². The second-order valence-electron chi connectivity index (χ2n) is 10.4. The second kappa shape index (κ2) is 10.4. The van der Waals surface area contributed by atoms with E-state index in [2.05, 4.69) is 101 Å². The van der Waals surface area contributed by atoms with Crippen molar-refractivity contribution in [2.45, 2.75) is 13.3 Å². The summed E-state index contributed by atoms with van der Waals surface area (Å²) in [5, 5.41) is 11.1. The lowest BCUT2D eigenvalue weighted by molar-refractivity contribution is 0.343. The lowest BCUT2D eigenvalue weighted by Crippen LogP contribution is -2.09. The highest BCUT2D eigenvalue weighted by atomic mass is 16.5. The minimum atomic E-state index is 0.454. The van der Waals surface area contributed by atoms with E-state index in [4.69, 9.17) is 9.15 Å². The van der Waals surface area contributed by atoms with Gasteiger partial charge in [0.1, 0.15) is 12.4 Å². The van der Waals surface area contributed by atoms with Gasteiger partial charge in [-0.25, -0.2) is 0 Å². The number of benzene rings is 4. The van der Waals surface area contributed by atoms with Crippen LogP contribution in [0.2, 0.25) is 0 Å². The van der Waals surface area contributed by atoms with Crippen molar-refractivity contribution in [2.75, 3.05) is 6.61 Å². The number of rotatable bonds is 7. The predicted octanol–water partition coefficient (Wildman–Crippen LogP) is 8.96. The quantitative estimate of drug-likeness (QED) is 0.205. The first-order valence-corrected chi connectivity index (χ1v) is 13.9. The number of hydrogen-bond acceptors (Lipinski definition) is 4. The molecule has 0 bridgehead atoms. The van der Waals surface area contributed by atoms with Crippen LogP contribution in [0.4, 0.5) is 0 Å². The number of fused-ring (bicyclic) bond motifs is 3. The smallest absolute Gasteiger partial charge is 0.248 e. The molecular formula is C36H29N3O2. The molecule has 41 heavy (non-hydrogen) atoms. The van der Waals surface area contributed by atoms with Gasteiger partial charge in [0, 0.05) is 27.6 Å². The second-order valence-corrected chi connectivity index (χ2v) is 10.4. The average molecular weight is 536 g/mol. The molecule has 0 aliphatic heterocycles. The molecule has 0 fully saturated rings. The number of aromatic nitrogens is 3. The fourth-order valence-corrected chi connectivity index (χ4v) is 5.64. The normalized spacial score (nSPS) is 15.1. The van der Waals surface area contributed by atoms with Crippen molar-refractivity contribution in [2.24, 2.45) is 5.92 Å². The lowest BCUT2D eigenvalue weighted by Gasteiger charge is -2.19. The third kappa shape index (κ3) is 4.66. The first-order valence-electron chi connectivity index (χ1n) is 13.9. The predicted molar refractivity (Wildman–Crippen MR) is 165 cm³/mol. The van der Waals surface area contributed by atoms with Crippen LogP contribution >= 0.6 is 0 Å². The molecule has 5 nitrogen and oxygen atoms in total. The van der Waals surface area contributed by atoms with E-state index in [0.717, 1.165) is 29.0 Å². The van der Waals surface area contributed by atoms with E-state index in [9.17, 15) is 0 Å². The van der Waals surface area contributed by atoms with Gasteiger partial charge >= 0.3 is 0 Å². The molecule has 5 heteroatoms. The average Bonchev–Trinajstić information content (AvgIpc) is 3.64. The van der Waals surface area contributed by atoms with Crippen LogP contribution in [0.15, 0.2) is 137 Å². The molecule has 0 radical (unpaired) electrons. The zero-order valence-corrected chi connectivity index (χ0v) is 22.8. The maximum absolute atomic E-state index is 6.11. The molecular weight excluding hydrogens is 506 g/mol. The van der Waals surface area contributed by atoms with Crippen molar-refractivity contribution in [3.63, 3.8) is 0 Å². The minimum Gasteiger partial charge on any atom is -0.489 e. The topological polar surface area (TPSA) is 53.1 Å². The number of nitrogens with zero attached hydrogens (tertiary/aromatic N) is 3. The van der Waals surface area contributed by atoms with Crippen molar-refractivity contribution >= 4 is 21.8 Å².